The van der Waals surface area contributed by atoms with Crippen LogP contribution in [0.15, 0.2) is 16.7 Å². The maximum atomic E-state index is 5.94. The number of rotatable bonds is 3. The molecule has 0 saturated carbocycles. The molecular formula is C17H19N5OS. The Kier molecular flexibility index (Phi) is 3.31. The summed E-state index contributed by atoms with van der Waals surface area (Å²) in [6.07, 6.45) is 6.92. The van der Waals surface area contributed by atoms with E-state index in [1.165, 1.54) is 47.4 Å². The van der Waals surface area contributed by atoms with Crippen molar-refractivity contribution in [1.29, 1.82) is 0 Å². The Balaban J connectivity index is 1.32. The van der Waals surface area contributed by atoms with Gasteiger partial charge in [-0.1, -0.05) is 0 Å². The summed E-state index contributed by atoms with van der Waals surface area (Å²) in [7, 11) is 1.99. The van der Waals surface area contributed by atoms with E-state index in [2.05, 4.69) is 26.3 Å². The fourth-order valence-corrected chi connectivity index (χ4v) is 4.84. The number of aryl methyl sites for hydroxylation is 3. The van der Waals surface area contributed by atoms with E-state index >= 15 is 0 Å². The summed E-state index contributed by atoms with van der Waals surface area (Å²) in [5.41, 5.74) is 4.05. The zero-order valence-electron chi connectivity index (χ0n) is 13.7. The monoisotopic (exact) mass is 341 g/mol. The molecule has 4 heterocycles. The van der Waals surface area contributed by atoms with E-state index in [-0.39, 0.29) is 0 Å². The quantitative estimate of drug-likeness (QED) is 0.733. The van der Waals surface area contributed by atoms with Gasteiger partial charge in [-0.25, -0.2) is 0 Å². The van der Waals surface area contributed by atoms with E-state index < -0.39 is 0 Å². The van der Waals surface area contributed by atoms with Crippen molar-refractivity contribution in [2.24, 2.45) is 7.05 Å². The minimum Gasteiger partial charge on any atom is -0.419 e. The Morgan fingerprint density at radius 3 is 2.96 bits per heavy atom. The van der Waals surface area contributed by atoms with Gasteiger partial charge >= 0.3 is 0 Å². The van der Waals surface area contributed by atoms with Crippen LogP contribution in [0.3, 0.4) is 0 Å². The lowest BCUT2D eigenvalue weighted by Gasteiger charge is -2.11. The lowest BCUT2D eigenvalue weighted by molar-refractivity contribution is 0.241. The maximum absolute atomic E-state index is 5.94. The minimum absolute atomic E-state index is 0.669. The molecule has 0 amide bonds. The van der Waals surface area contributed by atoms with Crippen molar-refractivity contribution >= 4 is 11.3 Å². The molecule has 3 aromatic heterocycles. The molecule has 3 aromatic rings. The van der Waals surface area contributed by atoms with Gasteiger partial charge in [0.1, 0.15) is 0 Å². The van der Waals surface area contributed by atoms with Gasteiger partial charge in [-0.05, 0) is 37.3 Å². The van der Waals surface area contributed by atoms with E-state index in [0.29, 0.717) is 18.3 Å². The molecule has 0 bridgehead atoms. The summed E-state index contributed by atoms with van der Waals surface area (Å²) in [5, 5.41) is 12.8. The fourth-order valence-electron chi connectivity index (χ4n) is 3.67. The Hall–Kier alpha value is -1.99. The van der Waals surface area contributed by atoms with Crippen LogP contribution in [0.1, 0.15) is 40.4 Å². The predicted octanol–water partition coefficient (Wildman–Crippen LogP) is 2.93. The number of hydrogen-bond acceptors (Lipinski definition) is 6. The van der Waals surface area contributed by atoms with Crippen LogP contribution in [0, 0.1) is 0 Å². The molecule has 0 fully saturated rings. The van der Waals surface area contributed by atoms with Gasteiger partial charge in [0.2, 0.25) is 5.89 Å². The zero-order valence-corrected chi connectivity index (χ0v) is 14.5. The van der Waals surface area contributed by atoms with Crippen molar-refractivity contribution < 1.29 is 4.42 Å². The van der Waals surface area contributed by atoms with Crippen LogP contribution < -0.4 is 0 Å². The van der Waals surface area contributed by atoms with Crippen LogP contribution in [0.25, 0.3) is 10.8 Å². The molecule has 124 valence electrons. The molecule has 0 saturated heterocycles. The Morgan fingerprint density at radius 1 is 1.17 bits per heavy atom. The highest BCUT2D eigenvalue weighted by Gasteiger charge is 2.24. The molecule has 0 aromatic carbocycles. The average Bonchev–Trinajstić information content (AvgIpc) is 3.33. The fraction of sp³-hybridized carbons (Fsp3) is 0.471. The molecule has 1 aliphatic carbocycles. The molecule has 0 N–H and O–H groups in total. The summed E-state index contributed by atoms with van der Waals surface area (Å²) in [5.74, 6) is 1.36. The summed E-state index contributed by atoms with van der Waals surface area (Å²) >= 11 is 1.82. The first-order valence-corrected chi connectivity index (χ1v) is 9.24. The summed E-state index contributed by atoms with van der Waals surface area (Å²) in [6.45, 7) is 2.47. The first-order valence-electron chi connectivity index (χ1n) is 8.43. The van der Waals surface area contributed by atoms with Crippen LogP contribution in [-0.2, 0) is 39.5 Å². The predicted molar refractivity (Wildman–Crippen MR) is 90.4 cm³/mol. The smallest absolute Gasteiger partial charge is 0.257 e. The Bertz CT molecular complexity index is 869. The highest BCUT2D eigenvalue weighted by Crippen LogP contribution is 2.35. The highest BCUT2D eigenvalue weighted by atomic mass is 32.1. The van der Waals surface area contributed by atoms with E-state index in [0.717, 1.165) is 18.0 Å². The molecule has 0 spiro atoms. The van der Waals surface area contributed by atoms with Crippen LogP contribution >= 0.6 is 11.3 Å². The molecule has 5 rings (SSSR count). The minimum atomic E-state index is 0.669. The molecule has 0 unspecified atom stereocenters. The number of aromatic nitrogens is 4. The van der Waals surface area contributed by atoms with Gasteiger partial charge in [-0.3, -0.25) is 9.58 Å². The third-order valence-corrected chi connectivity index (χ3v) is 6.17. The molecule has 0 radical (unpaired) electrons. The molecule has 2 aliphatic rings. The molecule has 6 nitrogen and oxygen atoms in total. The number of fused-ring (bicyclic) bond motifs is 2. The van der Waals surface area contributed by atoms with Gasteiger partial charge in [-0.15, -0.1) is 21.5 Å². The van der Waals surface area contributed by atoms with Gasteiger partial charge in [0.25, 0.3) is 5.89 Å². The second kappa shape index (κ2) is 5.53. The molecular weight excluding hydrogens is 322 g/mol. The van der Waals surface area contributed by atoms with Gasteiger partial charge in [0.15, 0.2) is 0 Å². The first kappa shape index (κ1) is 14.4. The third-order valence-electron chi connectivity index (χ3n) is 4.95. The molecule has 0 atom stereocenters. The highest BCUT2D eigenvalue weighted by molar-refractivity contribution is 7.15. The Labute approximate surface area is 144 Å². The summed E-state index contributed by atoms with van der Waals surface area (Å²) in [4.78, 5) is 4.93. The van der Waals surface area contributed by atoms with E-state index in [4.69, 9.17) is 4.42 Å². The molecule has 7 heteroatoms. The third kappa shape index (κ3) is 2.39. The van der Waals surface area contributed by atoms with Gasteiger partial charge in [0.05, 0.1) is 23.3 Å². The zero-order chi connectivity index (χ0) is 16.1. The lowest BCUT2D eigenvalue weighted by Crippen LogP contribution is -2.17. The van der Waals surface area contributed by atoms with Crippen molar-refractivity contribution in [1.82, 2.24) is 24.9 Å². The van der Waals surface area contributed by atoms with Crippen LogP contribution in [0.2, 0.25) is 0 Å². The molecule has 1 aliphatic heterocycles. The largest absolute Gasteiger partial charge is 0.419 e. The summed E-state index contributed by atoms with van der Waals surface area (Å²) < 4.78 is 7.89. The van der Waals surface area contributed by atoms with Crippen molar-refractivity contribution in [3.63, 3.8) is 0 Å². The second-order valence-electron chi connectivity index (χ2n) is 6.65. The van der Waals surface area contributed by atoms with Crippen molar-refractivity contribution in [2.75, 3.05) is 0 Å². The maximum Gasteiger partial charge on any atom is 0.257 e. The van der Waals surface area contributed by atoms with Gasteiger partial charge < -0.3 is 4.42 Å². The number of thiophene rings is 1. The van der Waals surface area contributed by atoms with E-state index in [1.54, 1.807) is 0 Å². The van der Waals surface area contributed by atoms with Crippen molar-refractivity contribution in [3.05, 3.63) is 39.9 Å². The summed E-state index contributed by atoms with van der Waals surface area (Å²) in [6, 6.07) is 2.24. The van der Waals surface area contributed by atoms with Crippen LogP contribution in [0.4, 0.5) is 0 Å². The normalized spacial score (nSPS) is 17.2. The molecule has 24 heavy (non-hydrogen) atoms. The SMILES string of the molecule is Cn1ncc2c1CN(Cc1nnc(-c3cc4c(s3)CCCC4)o1)C2. The number of nitrogens with zero attached hydrogens (tertiary/aromatic N) is 5. The lowest BCUT2D eigenvalue weighted by atomic mass is 9.99. The average molecular weight is 341 g/mol. The van der Waals surface area contributed by atoms with Crippen molar-refractivity contribution in [3.8, 4) is 10.8 Å². The van der Waals surface area contributed by atoms with E-state index in [9.17, 15) is 0 Å². The van der Waals surface area contributed by atoms with Gasteiger partial charge in [-0.2, -0.15) is 5.10 Å². The number of hydrogen-bond donors (Lipinski definition) is 0. The second-order valence-corrected chi connectivity index (χ2v) is 7.79. The topological polar surface area (TPSA) is 60.0 Å². The van der Waals surface area contributed by atoms with Gasteiger partial charge in [0, 0.05) is 30.6 Å². The standard InChI is InChI=1S/C17H19N5OS/c1-21-13-9-22(8-12(13)7-18-21)10-16-19-20-17(23-16)15-6-11-4-2-3-5-14(11)24-15/h6-7H,2-5,8-10H2,1H3. The van der Waals surface area contributed by atoms with Crippen molar-refractivity contribution in [2.45, 2.75) is 45.3 Å². The van der Waals surface area contributed by atoms with Crippen LogP contribution in [-0.4, -0.2) is 24.9 Å². The van der Waals surface area contributed by atoms with Crippen LogP contribution in [0.5, 0.6) is 0 Å². The first-order chi connectivity index (χ1) is 11.8. The Morgan fingerprint density at radius 2 is 2.08 bits per heavy atom. The van der Waals surface area contributed by atoms with E-state index in [1.807, 2.05) is 29.3 Å².